The van der Waals surface area contributed by atoms with Crippen molar-refractivity contribution in [3.8, 4) is 0 Å². The lowest BCUT2D eigenvalue weighted by molar-refractivity contribution is 0.264. The van der Waals surface area contributed by atoms with Gasteiger partial charge in [0, 0.05) is 42.2 Å². The van der Waals surface area contributed by atoms with Crippen LogP contribution >= 0.6 is 0 Å². The summed E-state index contributed by atoms with van der Waals surface area (Å²) >= 11 is 0. The second kappa shape index (κ2) is 7.47. The SMILES string of the molecule is COC1=C/C(N(CC2CC2)c2ccc(N)cc2)=C\CCC(OC)=C1. The summed E-state index contributed by atoms with van der Waals surface area (Å²) in [6.45, 7) is 1.03. The lowest BCUT2D eigenvalue weighted by atomic mass is 10.1. The fourth-order valence-corrected chi connectivity index (χ4v) is 2.88. The van der Waals surface area contributed by atoms with E-state index in [1.807, 2.05) is 18.2 Å². The van der Waals surface area contributed by atoms with Crippen LogP contribution in [0.1, 0.15) is 25.7 Å². The lowest BCUT2D eigenvalue weighted by Gasteiger charge is -2.27. The summed E-state index contributed by atoms with van der Waals surface area (Å²) in [5, 5.41) is 0. The third kappa shape index (κ3) is 4.13. The molecule has 0 aliphatic heterocycles. The number of methoxy groups -OCH3 is 2. The van der Waals surface area contributed by atoms with Gasteiger partial charge in [-0.25, -0.2) is 0 Å². The number of nitrogens with zero attached hydrogens (tertiary/aromatic N) is 1. The maximum atomic E-state index is 5.85. The normalized spacial score (nSPS) is 20.0. The maximum Gasteiger partial charge on any atom is 0.124 e. The molecular formula is C20H26N2O2. The van der Waals surface area contributed by atoms with E-state index in [2.05, 4.69) is 29.2 Å². The number of hydrogen-bond acceptors (Lipinski definition) is 4. The molecule has 24 heavy (non-hydrogen) atoms. The molecule has 0 saturated heterocycles. The average molecular weight is 326 g/mol. The summed E-state index contributed by atoms with van der Waals surface area (Å²) in [5.74, 6) is 2.53. The Morgan fingerprint density at radius 3 is 2.46 bits per heavy atom. The Hall–Kier alpha value is -2.36. The van der Waals surface area contributed by atoms with Crippen LogP contribution in [0.15, 0.2) is 59.7 Å². The van der Waals surface area contributed by atoms with E-state index in [1.165, 1.54) is 24.2 Å². The van der Waals surface area contributed by atoms with Crippen LogP contribution in [0, 0.1) is 5.92 Å². The topological polar surface area (TPSA) is 47.7 Å². The minimum Gasteiger partial charge on any atom is -0.501 e. The van der Waals surface area contributed by atoms with Crippen LogP contribution < -0.4 is 10.6 Å². The minimum atomic E-state index is 0.776. The quantitative estimate of drug-likeness (QED) is 0.795. The third-order valence-electron chi connectivity index (χ3n) is 4.49. The Morgan fingerprint density at radius 1 is 1.08 bits per heavy atom. The summed E-state index contributed by atoms with van der Waals surface area (Å²) < 4.78 is 10.9. The molecule has 0 atom stereocenters. The van der Waals surface area contributed by atoms with Gasteiger partial charge in [0.25, 0.3) is 0 Å². The van der Waals surface area contributed by atoms with Crippen LogP contribution in [0.2, 0.25) is 0 Å². The van der Waals surface area contributed by atoms with Crippen LogP contribution in [0.25, 0.3) is 0 Å². The van der Waals surface area contributed by atoms with E-state index < -0.39 is 0 Å². The fourth-order valence-electron chi connectivity index (χ4n) is 2.88. The Labute approximate surface area is 144 Å². The first kappa shape index (κ1) is 16.5. The molecule has 2 N–H and O–H groups in total. The van der Waals surface area contributed by atoms with Gasteiger partial charge in [0.1, 0.15) is 5.76 Å². The van der Waals surface area contributed by atoms with E-state index in [4.69, 9.17) is 15.2 Å². The Kier molecular flexibility index (Phi) is 5.14. The first-order valence-corrected chi connectivity index (χ1v) is 8.53. The second-order valence-corrected chi connectivity index (χ2v) is 6.38. The van der Waals surface area contributed by atoms with E-state index in [-0.39, 0.29) is 0 Å². The van der Waals surface area contributed by atoms with Gasteiger partial charge in [-0.3, -0.25) is 0 Å². The molecule has 128 valence electrons. The van der Waals surface area contributed by atoms with Crippen LogP contribution in [0.4, 0.5) is 11.4 Å². The highest BCUT2D eigenvalue weighted by atomic mass is 16.5. The molecule has 1 aromatic rings. The molecule has 0 aromatic heterocycles. The molecule has 1 aromatic carbocycles. The van der Waals surface area contributed by atoms with E-state index in [0.29, 0.717) is 0 Å². The van der Waals surface area contributed by atoms with Gasteiger partial charge in [-0.2, -0.15) is 0 Å². The molecule has 1 fully saturated rings. The largest absolute Gasteiger partial charge is 0.501 e. The standard InChI is InChI=1S/C20H26N2O2/c1-23-19-5-3-4-18(12-20(13-19)24-2)22(14-15-6-7-15)17-10-8-16(21)9-11-17/h4,8-13,15H,3,5-7,14,21H2,1-2H3/b18-4+,19-13?,20-12?. The maximum absolute atomic E-state index is 5.85. The zero-order valence-electron chi connectivity index (χ0n) is 14.5. The lowest BCUT2D eigenvalue weighted by Crippen LogP contribution is -2.24. The van der Waals surface area contributed by atoms with Crippen molar-refractivity contribution < 1.29 is 9.47 Å². The Bertz CT molecular complexity index is 655. The van der Waals surface area contributed by atoms with Gasteiger partial charge < -0.3 is 20.1 Å². The molecule has 1 saturated carbocycles. The number of anilines is 2. The van der Waals surface area contributed by atoms with Gasteiger partial charge in [-0.15, -0.1) is 0 Å². The monoisotopic (exact) mass is 326 g/mol. The summed E-state index contributed by atoms with van der Waals surface area (Å²) in [6, 6.07) is 8.10. The van der Waals surface area contributed by atoms with Crippen molar-refractivity contribution >= 4 is 11.4 Å². The van der Waals surface area contributed by atoms with Gasteiger partial charge in [-0.05, 0) is 49.4 Å². The number of benzene rings is 1. The van der Waals surface area contributed by atoms with E-state index >= 15 is 0 Å². The zero-order valence-corrected chi connectivity index (χ0v) is 14.5. The molecule has 0 bridgehead atoms. The van der Waals surface area contributed by atoms with Gasteiger partial charge in [0.2, 0.25) is 0 Å². The van der Waals surface area contributed by atoms with Gasteiger partial charge >= 0.3 is 0 Å². The summed E-state index contributed by atoms with van der Waals surface area (Å²) in [7, 11) is 3.41. The fraction of sp³-hybridized carbons (Fsp3) is 0.400. The summed E-state index contributed by atoms with van der Waals surface area (Å²) in [5.41, 5.74) is 8.99. The predicted octanol–water partition coefficient (Wildman–Crippen LogP) is 4.22. The smallest absolute Gasteiger partial charge is 0.124 e. The van der Waals surface area contributed by atoms with Crippen molar-refractivity contribution in [2.75, 3.05) is 31.4 Å². The molecule has 2 aliphatic rings. The van der Waals surface area contributed by atoms with Crippen LogP contribution in [-0.4, -0.2) is 20.8 Å². The van der Waals surface area contributed by atoms with Crippen molar-refractivity contribution in [2.45, 2.75) is 25.7 Å². The van der Waals surface area contributed by atoms with Gasteiger partial charge in [0.15, 0.2) is 0 Å². The first-order chi connectivity index (χ1) is 11.7. The average Bonchev–Trinajstić information content (AvgIpc) is 3.38. The van der Waals surface area contributed by atoms with Crippen LogP contribution in [0.5, 0.6) is 0 Å². The highest BCUT2D eigenvalue weighted by molar-refractivity contribution is 5.59. The van der Waals surface area contributed by atoms with Crippen LogP contribution in [0.3, 0.4) is 0 Å². The number of nitrogen functional groups attached to an aromatic ring is 1. The Morgan fingerprint density at radius 2 is 1.83 bits per heavy atom. The zero-order chi connectivity index (χ0) is 16.9. The number of hydrogen-bond donors (Lipinski definition) is 1. The molecule has 4 heteroatoms. The molecule has 4 nitrogen and oxygen atoms in total. The molecular weight excluding hydrogens is 300 g/mol. The molecule has 0 spiro atoms. The second-order valence-electron chi connectivity index (χ2n) is 6.38. The molecule has 0 unspecified atom stereocenters. The predicted molar refractivity (Wildman–Crippen MR) is 98.4 cm³/mol. The van der Waals surface area contributed by atoms with Gasteiger partial charge in [-0.1, -0.05) is 6.08 Å². The number of allylic oxidation sites excluding steroid dienone is 4. The first-order valence-electron chi connectivity index (χ1n) is 8.53. The molecule has 0 amide bonds. The van der Waals surface area contributed by atoms with E-state index in [0.717, 1.165) is 42.5 Å². The minimum absolute atomic E-state index is 0.776. The van der Waals surface area contributed by atoms with Crippen molar-refractivity contribution in [1.82, 2.24) is 0 Å². The van der Waals surface area contributed by atoms with Crippen LogP contribution in [-0.2, 0) is 9.47 Å². The van der Waals surface area contributed by atoms with E-state index in [9.17, 15) is 0 Å². The van der Waals surface area contributed by atoms with Crippen molar-refractivity contribution in [3.63, 3.8) is 0 Å². The highest BCUT2D eigenvalue weighted by Crippen LogP contribution is 2.34. The Balaban J connectivity index is 1.93. The summed E-state index contributed by atoms with van der Waals surface area (Å²) in [6.07, 6.45) is 10.8. The van der Waals surface area contributed by atoms with Gasteiger partial charge in [0.05, 0.1) is 20.0 Å². The molecule has 3 rings (SSSR count). The molecule has 0 heterocycles. The highest BCUT2D eigenvalue weighted by Gasteiger charge is 2.26. The molecule has 0 radical (unpaired) electrons. The number of nitrogens with two attached hydrogens (primary N) is 1. The molecule has 2 aliphatic carbocycles. The number of rotatable bonds is 6. The van der Waals surface area contributed by atoms with E-state index in [1.54, 1.807) is 14.2 Å². The van der Waals surface area contributed by atoms with Crippen molar-refractivity contribution in [2.24, 2.45) is 5.92 Å². The third-order valence-corrected chi connectivity index (χ3v) is 4.49. The number of ether oxygens (including phenoxy) is 2. The summed E-state index contributed by atoms with van der Waals surface area (Å²) in [4.78, 5) is 2.38. The van der Waals surface area contributed by atoms with Crippen molar-refractivity contribution in [1.29, 1.82) is 0 Å². The van der Waals surface area contributed by atoms with Crippen molar-refractivity contribution in [3.05, 3.63) is 59.7 Å².